The van der Waals surface area contributed by atoms with Gasteiger partial charge in [0.15, 0.2) is 0 Å². The Morgan fingerprint density at radius 3 is 2.53 bits per heavy atom. The third-order valence-electron chi connectivity index (χ3n) is 3.71. The maximum atomic E-state index is 3.52. The highest BCUT2D eigenvalue weighted by atomic mass is 15.1. The molecule has 0 amide bonds. The van der Waals surface area contributed by atoms with E-state index in [9.17, 15) is 0 Å². The summed E-state index contributed by atoms with van der Waals surface area (Å²) in [6, 6.07) is 0. The van der Waals surface area contributed by atoms with Gasteiger partial charge < -0.3 is 10.2 Å². The average Bonchev–Trinajstić information content (AvgIpc) is 2.86. The first kappa shape index (κ1) is 16.5. The Bertz CT molecular complexity index is 282. The van der Waals surface area contributed by atoms with Crippen LogP contribution in [0.5, 0.6) is 0 Å². The van der Waals surface area contributed by atoms with Gasteiger partial charge in [-0.1, -0.05) is 23.3 Å². The molecule has 0 bridgehead atoms. The van der Waals surface area contributed by atoms with Crippen LogP contribution in [0.4, 0.5) is 0 Å². The minimum Gasteiger partial charge on any atom is -0.313 e. The molecular formula is C17H32N2. The molecule has 0 aliphatic carbocycles. The number of nitrogens with one attached hydrogen (secondary N) is 1. The van der Waals surface area contributed by atoms with Crippen LogP contribution in [0.3, 0.4) is 0 Å². The molecule has 0 radical (unpaired) electrons. The maximum Gasteiger partial charge on any atom is 0.0137 e. The van der Waals surface area contributed by atoms with E-state index in [2.05, 4.69) is 43.1 Å². The van der Waals surface area contributed by atoms with Crippen molar-refractivity contribution in [1.82, 2.24) is 10.2 Å². The second-order valence-electron chi connectivity index (χ2n) is 5.98. The molecule has 1 rings (SSSR count). The van der Waals surface area contributed by atoms with E-state index >= 15 is 0 Å². The van der Waals surface area contributed by atoms with Gasteiger partial charge in [-0.25, -0.2) is 0 Å². The van der Waals surface area contributed by atoms with E-state index in [1.54, 1.807) is 0 Å². The summed E-state index contributed by atoms with van der Waals surface area (Å²) >= 11 is 0. The van der Waals surface area contributed by atoms with E-state index in [0.29, 0.717) is 0 Å². The van der Waals surface area contributed by atoms with Crippen molar-refractivity contribution >= 4 is 0 Å². The van der Waals surface area contributed by atoms with Crippen LogP contribution in [-0.4, -0.2) is 37.6 Å². The van der Waals surface area contributed by atoms with Crippen LogP contribution in [0.15, 0.2) is 23.3 Å². The second-order valence-corrected chi connectivity index (χ2v) is 5.98. The van der Waals surface area contributed by atoms with Crippen molar-refractivity contribution in [3.8, 4) is 0 Å². The van der Waals surface area contributed by atoms with Gasteiger partial charge in [-0.3, -0.25) is 0 Å². The summed E-state index contributed by atoms with van der Waals surface area (Å²) in [5.41, 5.74) is 2.93. The van der Waals surface area contributed by atoms with Gasteiger partial charge in [0.25, 0.3) is 0 Å². The molecule has 0 aromatic carbocycles. The van der Waals surface area contributed by atoms with Gasteiger partial charge in [-0.05, 0) is 79.1 Å². The molecule has 0 unspecified atom stereocenters. The van der Waals surface area contributed by atoms with Crippen LogP contribution in [0.25, 0.3) is 0 Å². The number of allylic oxidation sites excluding steroid dienone is 3. The van der Waals surface area contributed by atoms with Crippen LogP contribution in [0.1, 0.15) is 52.9 Å². The molecule has 110 valence electrons. The zero-order valence-corrected chi connectivity index (χ0v) is 13.2. The summed E-state index contributed by atoms with van der Waals surface area (Å²) < 4.78 is 0. The number of nitrogens with zero attached hydrogens (tertiary/aromatic N) is 1. The minimum absolute atomic E-state index is 1.03. The van der Waals surface area contributed by atoms with Gasteiger partial charge in [-0.15, -0.1) is 0 Å². The van der Waals surface area contributed by atoms with E-state index in [0.717, 1.165) is 13.1 Å². The normalized spacial score (nSPS) is 16.9. The fourth-order valence-electron chi connectivity index (χ4n) is 2.47. The zero-order valence-electron chi connectivity index (χ0n) is 13.2. The van der Waals surface area contributed by atoms with E-state index in [-0.39, 0.29) is 0 Å². The summed E-state index contributed by atoms with van der Waals surface area (Å²) in [6.45, 7) is 12.7. The van der Waals surface area contributed by atoms with Gasteiger partial charge in [0.1, 0.15) is 0 Å². The van der Waals surface area contributed by atoms with Crippen LogP contribution >= 0.6 is 0 Å². The number of rotatable bonds is 9. The molecule has 2 nitrogen and oxygen atoms in total. The standard InChI is InChI=1S/C17H32N2/c1-16(2)8-6-9-17(3)10-12-18-11-7-15-19-13-4-5-14-19/h8,10,18H,4-7,9,11-15H2,1-3H3/b17-10+. The first-order valence-electron chi connectivity index (χ1n) is 7.90. The molecule has 1 aliphatic rings. The number of hydrogen-bond acceptors (Lipinski definition) is 2. The average molecular weight is 264 g/mol. The van der Waals surface area contributed by atoms with Gasteiger partial charge in [0, 0.05) is 6.54 Å². The lowest BCUT2D eigenvalue weighted by atomic mass is 10.1. The van der Waals surface area contributed by atoms with E-state index in [4.69, 9.17) is 0 Å². The first-order valence-corrected chi connectivity index (χ1v) is 7.90. The molecule has 1 N–H and O–H groups in total. The predicted molar refractivity (Wildman–Crippen MR) is 85.6 cm³/mol. The van der Waals surface area contributed by atoms with Crippen molar-refractivity contribution < 1.29 is 0 Å². The summed E-state index contributed by atoms with van der Waals surface area (Å²) in [6.07, 6.45) is 11.1. The first-order chi connectivity index (χ1) is 9.18. The van der Waals surface area contributed by atoms with Gasteiger partial charge in [0.05, 0.1) is 0 Å². The summed E-state index contributed by atoms with van der Waals surface area (Å²) in [5, 5.41) is 3.52. The Kier molecular flexibility index (Phi) is 8.85. The molecular weight excluding hydrogens is 232 g/mol. The molecule has 1 aliphatic heterocycles. The highest BCUT2D eigenvalue weighted by Crippen LogP contribution is 2.07. The molecule has 1 saturated heterocycles. The lowest BCUT2D eigenvalue weighted by molar-refractivity contribution is 0.332. The highest BCUT2D eigenvalue weighted by Gasteiger charge is 2.09. The number of hydrogen-bond donors (Lipinski definition) is 1. The third kappa shape index (κ3) is 9.01. The van der Waals surface area contributed by atoms with Gasteiger partial charge in [-0.2, -0.15) is 0 Å². The minimum atomic E-state index is 1.03. The van der Waals surface area contributed by atoms with Crippen LogP contribution in [0.2, 0.25) is 0 Å². The van der Waals surface area contributed by atoms with Crippen molar-refractivity contribution in [3.05, 3.63) is 23.3 Å². The molecule has 1 fully saturated rings. The Morgan fingerprint density at radius 1 is 1.11 bits per heavy atom. The lowest BCUT2D eigenvalue weighted by Crippen LogP contribution is -2.24. The molecule has 1 heterocycles. The molecule has 0 atom stereocenters. The van der Waals surface area contributed by atoms with E-state index in [1.807, 2.05) is 0 Å². The van der Waals surface area contributed by atoms with Crippen LogP contribution in [-0.2, 0) is 0 Å². The maximum absolute atomic E-state index is 3.52. The highest BCUT2D eigenvalue weighted by molar-refractivity contribution is 5.02. The monoisotopic (exact) mass is 264 g/mol. The topological polar surface area (TPSA) is 15.3 Å². The lowest BCUT2D eigenvalue weighted by Gasteiger charge is -2.13. The summed E-state index contributed by atoms with van der Waals surface area (Å²) in [5.74, 6) is 0. The largest absolute Gasteiger partial charge is 0.313 e. The van der Waals surface area contributed by atoms with Crippen molar-refractivity contribution in [3.63, 3.8) is 0 Å². The molecule has 19 heavy (non-hydrogen) atoms. The Morgan fingerprint density at radius 2 is 1.84 bits per heavy atom. The van der Waals surface area contributed by atoms with Crippen molar-refractivity contribution in [2.24, 2.45) is 0 Å². The number of likely N-dealkylation sites (tertiary alicyclic amines) is 1. The molecule has 2 heteroatoms. The Hall–Kier alpha value is -0.600. The summed E-state index contributed by atoms with van der Waals surface area (Å²) in [4.78, 5) is 2.59. The van der Waals surface area contributed by atoms with Gasteiger partial charge >= 0.3 is 0 Å². The molecule has 0 aromatic heterocycles. The summed E-state index contributed by atoms with van der Waals surface area (Å²) in [7, 11) is 0. The Labute approximate surface area is 120 Å². The smallest absolute Gasteiger partial charge is 0.0137 e. The predicted octanol–water partition coefficient (Wildman–Crippen LogP) is 3.75. The van der Waals surface area contributed by atoms with Crippen LogP contribution < -0.4 is 5.32 Å². The quantitative estimate of drug-likeness (QED) is 0.504. The van der Waals surface area contributed by atoms with Crippen LogP contribution in [0, 0.1) is 0 Å². The van der Waals surface area contributed by atoms with Crippen molar-refractivity contribution in [2.75, 3.05) is 32.7 Å². The zero-order chi connectivity index (χ0) is 13.9. The molecule has 0 spiro atoms. The fourth-order valence-corrected chi connectivity index (χ4v) is 2.47. The molecule has 0 saturated carbocycles. The SMILES string of the molecule is CC(C)=CCC/C(C)=C/CNCCCN1CCCC1. The van der Waals surface area contributed by atoms with E-state index < -0.39 is 0 Å². The third-order valence-corrected chi connectivity index (χ3v) is 3.71. The Balaban J connectivity index is 1.94. The van der Waals surface area contributed by atoms with Gasteiger partial charge in [0.2, 0.25) is 0 Å². The second kappa shape index (κ2) is 10.2. The van der Waals surface area contributed by atoms with E-state index in [1.165, 1.54) is 62.9 Å². The van der Waals surface area contributed by atoms with Crippen molar-refractivity contribution in [1.29, 1.82) is 0 Å². The molecule has 0 aromatic rings. The van der Waals surface area contributed by atoms with Crippen molar-refractivity contribution in [2.45, 2.75) is 52.9 Å². The fraction of sp³-hybridized carbons (Fsp3) is 0.765.